The summed E-state index contributed by atoms with van der Waals surface area (Å²) in [6.07, 6.45) is 8.75. The third-order valence-corrected chi connectivity index (χ3v) is 6.96. The minimum atomic E-state index is -0.128. The molecule has 0 amide bonds. The number of anilines is 1. The van der Waals surface area contributed by atoms with Crippen LogP contribution in [0, 0.1) is 0 Å². The summed E-state index contributed by atoms with van der Waals surface area (Å²) in [5.41, 5.74) is 1.77. The second-order valence-corrected chi connectivity index (χ2v) is 8.90. The first-order chi connectivity index (χ1) is 12.7. The van der Waals surface area contributed by atoms with Crippen LogP contribution in [0.15, 0.2) is 23.0 Å². The maximum absolute atomic E-state index is 12.4. The van der Waals surface area contributed by atoms with Crippen LogP contribution in [0.3, 0.4) is 0 Å². The van der Waals surface area contributed by atoms with Gasteiger partial charge in [0.1, 0.15) is 5.82 Å². The lowest BCUT2D eigenvalue weighted by molar-refractivity contribution is 0.132. The second kappa shape index (κ2) is 8.01. The van der Waals surface area contributed by atoms with Gasteiger partial charge in [0.2, 0.25) is 0 Å². The summed E-state index contributed by atoms with van der Waals surface area (Å²) < 4.78 is 0. The minimum absolute atomic E-state index is 0.0583. The molecule has 3 N–H and O–H groups in total. The zero-order valence-corrected chi connectivity index (χ0v) is 15.9. The largest absolute Gasteiger partial charge is 0.393 e. The Morgan fingerprint density at radius 2 is 1.92 bits per heavy atom. The molecule has 0 saturated heterocycles. The van der Waals surface area contributed by atoms with E-state index in [9.17, 15) is 9.90 Å². The fourth-order valence-electron chi connectivity index (χ4n) is 4.06. The number of hydrogen-bond acceptors (Lipinski definition) is 5. The molecule has 1 aromatic heterocycles. The van der Waals surface area contributed by atoms with Gasteiger partial charge in [0.15, 0.2) is 0 Å². The molecule has 0 bridgehead atoms. The third-order valence-electron chi connectivity index (χ3n) is 5.58. The second-order valence-electron chi connectivity index (χ2n) is 7.61. The van der Waals surface area contributed by atoms with Gasteiger partial charge in [0, 0.05) is 17.0 Å². The van der Waals surface area contributed by atoms with Gasteiger partial charge in [-0.05, 0) is 56.7 Å². The Kier molecular flexibility index (Phi) is 5.50. The van der Waals surface area contributed by atoms with Crippen molar-refractivity contribution in [2.75, 3.05) is 5.32 Å². The molecule has 0 atom stereocenters. The number of fused-ring (bicyclic) bond motifs is 1. The van der Waals surface area contributed by atoms with Crippen molar-refractivity contribution in [2.45, 2.75) is 74.5 Å². The van der Waals surface area contributed by atoms with Gasteiger partial charge in [-0.3, -0.25) is 4.79 Å². The predicted octanol–water partition coefficient (Wildman–Crippen LogP) is 3.81. The predicted molar refractivity (Wildman–Crippen MR) is 108 cm³/mol. The Morgan fingerprint density at radius 1 is 1.15 bits per heavy atom. The van der Waals surface area contributed by atoms with Crippen molar-refractivity contribution < 1.29 is 5.11 Å². The lowest BCUT2D eigenvalue weighted by atomic mass is 9.97. The third kappa shape index (κ3) is 4.23. The van der Waals surface area contributed by atoms with E-state index in [1.165, 1.54) is 25.7 Å². The standard InChI is InChI=1S/C20H27N3O2S/c24-15-6-8-16(9-7-15)26-12-19-22-18-11-14(21-13-3-1-2-4-13)5-10-17(18)20(25)23-19/h5,10-11,13,15-16,21,24H,1-4,6-9,12H2,(H,22,23,25)/t15-,16-. The van der Waals surface area contributed by atoms with Crippen LogP contribution >= 0.6 is 11.8 Å². The molecule has 2 saturated carbocycles. The molecule has 2 aliphatic rings. The van der Waals surface area contributed by atoms with E-state index in [0.29, 0.717) is 22.4 Å². The summed E-state index contributed by atoms with van der Waals surface area (Å²) in [6.45, 7) is 0. The van der Waals surface area contributed by atoms with E-state index in [2.05, 4.69) is 10.3 Å². The van der Waals surface area contributed by atoms with E-state index in [1.807, 2.05) is 30.0 Å². The first-order valence-corrected chi connectivity index (χ1v) is 10.8. The van der Waals surface area contributed by atoms with Crippen molar-refractivity contribution in [1.29, 1.82) is 0 Å². The van der Waals surface area contributed by atoms with Crippen molar-refractivity contribution in [3.8, 4) is 0 Å². The van der Waals surface area contributed by atoms with E-state index < -0.39 is 0 Å². The molecule has 2 aromatic rings. The van der Waals surface area contributed by atoms with Gasteiger partial charge in [-0.25, -0.2) is 4.98 Å². The average Bonchev–Trinajstić information content (AvgIpc) is 3.14. The SMILES string of the molecule is O=c1[nH]c(CS[C@H]2CC[C@H](O)CC2)nc2cc(NC3CCCC3)ccc12. The zero-order chi connectivity index (χ0) is 17.9. The number of hydrogen-bond donors (Lipinski definition) is 3. The first-order valence-electron chi connectivity index (χ1n) is 9.76. The summed E-state index contributed by atoms with van der Waals surface area (Å²) in [4.78, 5) is 20.0. The number of nitrogens with one attached hydrogen (secondary N) is 2. The number of nitrogens with zero attached hydrogens (tertiary/aromatic N) is 1. The van der Waals surface area contributed by atoms with Crippen LogP contribution in [0.1, 0.15) is 57.2 Å². The van der Waals surface area contributed by atoms with Crippen molar-refractivity contribution in [1.82, 2.24) is 9.97 Å². The van der Waals surface area contributed by atoms with E-state index in [4.69, 9.17) is 4.98 Å². The Balaban J connectivity index is 1.47. The normalized spacial score (nSPS) is 24.2. The Morgan fingerprint density at radius 3 is 2.69 bits per heavy atom. The molecular formula is C20H27N3O2S. The smallest absolute Gasteiger partial charge is 0.258 e. The molecule has 2 aliphatic carbocycles. The summed E-state index contributed by atoms with van der Waals surface area (Å²) in [6, 6.07) is 6.41. The average molecular weight is 374 g/mol. The summed E-state index contributed by atoms with van der Waals surface area (Å²) in [5.74, 6) is 1.46. The van der Waals surface area contributed by atoms with Gasteiger partial charge in [0.25, 0.3) is 5.56 Å². The molecule has 0 spiro atoms. The van der Waals surface area contributed by atoms with E-state index in [-0.39, 0.29) is 11.7 Å². The Bertz CT molecular complexity index is 808. The minimum Gasteiger partial charge on any atom is -0.393 e. The van der Waals surface area contributed by atoms with E-state index >= 15 is 0 Å². The van der Waals surface area contributed by atoms with Crippen molar-refractivity contribution >= 4 is 28.4 Å². The number of thioether (sulfide) groups is 1. The quantitative estimate of drug-likeness (QED) is 0.743. The van der Waals surface area contributed by atoms with Crippen molar-refractivity contribution in [2.24, 2.45) is 0 Å². The van der Waals surface area contributed by atoms with Gasteiger partial charge >= 0.3 is 0 Å². The molecule has 0 aliphatic heterocycles. The van der Waals surface area contributed by atoms with Crippen molar-refractivity contribution in [3.63, 3.8) is 0 Å². The molecule has 0 radical (unpaired) electrons. The maximum atomic E-state index is 12.4. The van der Waals surface area contributed by atoms with Gasteiger partial charge in [0.05, 0.1) is 22.8 Å². The van der Waals surface area contributed by atoms with Gasteiger partial charge in [-0.1, -0.05) is 12.8 Å². The molecule has 140 valence electrons. The van der Waals surface area contributed by atoms with Gasteiger partial charge in [-0.2, -0.15) is 11.8 Å². The fourth-order valence-corrected chi connectivity index (χ4v) is 5.20. The molecule has 1 heterocycles. The maximum Gasteiger partial charge on any atom is 0.258 e. The number of aromatic amines is 1. The summed E-state index contributed by atoms with van der Waals surface area (Å²) >= 11 is 1.84. The van der Waals surface area contributed by atoms with Crippen LogP contribution in [0.5, 0.6) is 0 Å². The highest BCUT2D eigenvalue weighted by Crippen LogP contribution is 2.30. The molecule has 1 aromatic carbocycles. The van der Waals surface area contributed by atoms with Crippen LogP contribution in [0.4, 0.5) is 5.69 Å². The molecule has 6 heteroatoms. The molecule has 4 rings (SSSR count). The molecular weight excluding hydrogens is 346 g/mol. The number of aliphatic hydroxyl groups excluding tert-OH is 1. The number of H-pyrrole nitrogens is 1. The lowest BCUT2D eigenvalue weighted by Crippen LogP contribution is -2.20. The lowest BCUT2D eigenvalue weighted by Gasteiger charge is -2.24. The fraction of sp³-hybridized carbons (Fsp3) is 0.600. The highest BCUT2D eigenvalue weighted by molar-refractivity contribution is 7.99. The highest BCUT2D eigenvalue weighted by Gasteiger charge is 2.20. The molecule has 26 heavy (non-hydrogen) atoms. The van der Waals surface area contributed by atoms with Crippen molar-refractivity contribution in [3.05, 3.63) is 34.4 Å². The van der Waals surface area contributed by atoms with Crippen LogP contribution < -0.4 is 10.9 Å². The summed E-state index contributed by atoms with van der Waals surface area (Å²) in [7, 11) is 0. The van der Waals surface area contributed by atoms with Crippen LogP contribution in [0.25, 0.3) is 10.9 Å². The van der Waals surface area contributed by atoms with Gasteiger partial charge < -0.3 is 15.4 Å². The molecule has 2 fully saturated rings. The van der Waals surface area contributed by atoms with Crippen LogP contribution in [0.2, 0.25) is 0 Å². The number of aromatic nitrogens is 2. The molecule has 0 unspecified atom stereocenters. The van der Waals surface area contributed by atoms with Crippen LogP contribution in [-0.2, 0) is 5.75 Å². The highest BCUT2D eigenvalue weighted by atomic mass is 32.2. The topological polar surface area (TPSA) is 78.0 Å². The van der Waals surface area contributed by atoms with Crippen LogP contribution in [-0.4, -0.2) is 32.5 Å². The van der Waals surface area contributed by atoms with E-state index in [1.54, 1.807) is 0 Å². The number of aliphatic hydroxyl groups is 1. The molecule has 5 nitrogen and oxygen atoms in total. The summed E-state index contributed by atoms with van der Waals surface area (Å²) in [5, 5.41) is 14.4. The Labute approximate surface area is 158 Å². The van der Waals surface area contributed by atoms with Gasteiger partial charge in [-0.15, -0.1) is 0 Å². The zero-order valence-electron chi connectivity index (χ0n) is 15.0. The Hall–Kier alpha value is -1.53. The number of benzene rings is 1. The number of rotatable bonds is 5. The van der Waals surface area contributed by atoms with E-state index in [0.717, 1.165) is 42.7 Å². The first kappa shape index (κ1) is 17.9. The monoisotopic (exact) mass is 373 g/mol.